The molecule has 7 heavy (non-hydrogen) atoms. The second kappa shape index (κ2) is 3.36. The normalized spacial score (nSPS) is 9.43. The van der Waals surface area contributed by atoms with Gasteiger partial charge in [-0.15, -0.1) is 0 Å². The van der Waals surface area contributed by atoms with Gasteiger partial charge < -0.3 is 0 Å². The fourth-order valence-corrected chi connectivity index (χ4v) is 0.189. The van der Waals surface area contributed by atoms with Crippen LogP contribution in [-0.2, 0) is 4.79 Å². The van der Waals surface area contributed by atoms with Crippen LogP contribution in [0.5, 0.6) is 0 Å². The maximum Gasteiger partial charge on any atom is 0.267 e. The quantitative estimate of drug-likeness (QED) is 0.279. The van der Waals surface area contributed by atoms with Crippen LogP contribution in [-0.4, -0.2) is 11.1 Å². The van der Waals surface area contributed by atoms with Gasteiger partial charge in [-0.25, -0.2) is 5.48 Å². The number of carbonyl (C=O) groups excluding carboxylic acids is 1. The summed E-state index contributed by atoms with van der Waals surface area (Å²) in [5, 5.41) is 7.82. The van der Waals surface area contributed by atoms with Crippen LogP contribution in [0.25, 0.3) is 0 Å². The van der Waals surface area contributed by atoms with E-state index in [0.29, 0.717) is 0 Å². The van der Waals surface area contributed by atoms with E-state index in [4.69, 9.17) is 5.21 Å². The van der Waals surface area contributed by atoms with E-state index in [2.05, 4.69) is 0 Å². The lowest BCUT2D eigenvalue weighted by Gasteiger charge is -1.83. The number of hydrogen-bond acceptors (Lipinski definition) is 2. The molecule has 0 saturated heterocycles. The lowest BCUT2D eigenvalue weighted by atomic mass is 10.5. The van der Waals surface area contributed by atoms with Crippen LogP contribution in [0.1, 0.15) is 6.92 Å². The molecule has 0 atom stereocenters. The van der Waals surface area contributed by atoms with Crippen molar-refractivity contribution in [1.29, 1.82) is 0 Å². The zero-order chi connectivity index (χ0) is 5.70. The van der Waals surface area contributed by atoms with E-state index in [1.807, 2.05) is 0 Å². The molecule has 0 radical (unpaired) electrons. The average molecular weight is 101 g/mol. The zero-order valence-electron chi connectivity index (χ0n) is 4.01. The molecule has 0 saturated carbocycles. The third-order valence-corrected chi connectivity index (χ3v) is 0.428. The molecule has 0 fully saturated rings. The van der Waals surface area contributed by atoms with Crippen LogP contribution < -0.4 is 5.48 Å². The molecule has 0 aliphatic rings. The topological polar surface area (TPSA) is 49.3 Å². The van der Waals surface area contributed by atoms with Gasteiger partial charge in [-0.3, -0.25) is 10.0 Å². The van der Waals surface area contributed by atoms with E-state index in [0.717, 1.165) is 0 Å². The van der Waals surface area contributed by atoms with Crippen molar-refractivity contribution in [3.63, 3.8) is 0 Å². The van der Waals surface area contributed by atoms with Crippen molar-refractivity contribution in [1.82, 2.24) is 5.48 Å². The predicted octanol–water partition coefficient (Wildman–Crippen LogP) is 0.0679. The van der Waals surface area contributed by atoms with Gasteiger partial charge in [0.15, 0.2) is 0 Å². The zero-order valence-corrected chi connectivity index (χ0v) is 4.01. The van der Waals surface area contributed by atoms with Gasteiger partial charge in [0.1, 0.15) is 0 Å². The van der Waals surface area contributed by atoms with Crippen LogP contribution in [0.2, 0.25) is 0 Å². The monoisotopic (exact) mass is 101 g/mol. The molecule has 3 heteroatoms. The molecule has 0 unspecified atom stereocenters. The van der Waals surface area contributed by atoms with Crippen LogP contribution in [0.4, 0.5) is 0 Å². The molecule has 0 bridgehead atoms. The minimum atomic E-state index is -0.498. The molecule has 0 aromatic rings. The molecule has 3 nitrogen and oxygen atoms in total. The summed E-state index contributed by atoms with van der Waals surface area (Å²) in [5.41, 5.74) is 1.44. The van der Waals surface area contributed by atoms with E-state index in [1.165, 1.54) is 17.6 Å². The fraction of sp³-hybridized carbons (Fsp3) is 0.250. The summed E-state index contributed by atoms with van der Waals surface area (Å²) in [5.74, 6) is -0.498. The Morgan fingerprint density at radius 1 is 1.86 bits per heavy atom. The second-order valence-corrected chi connectivity index (χ2v) is 0.976. The first kappa shape index (κ1) is 6.17. The van der Waals surface area contributed by atoms with Gasteiger partial charge in [-0.1, -0.05) is 6.08 Å². The molecule has 40 valence electrons. The Hall–Kier alpha value is -0.830. The average Bonchev–Trinajstić information content (AvgIpc) is 1.68. The van der Waals surface area contributed by atoms with Crippen LogP contribution >= 0.6 is 0 Å². The fourth-order valence-electron chi connectivity index (χ4n) is 0.189. The summed E-state index contributed by atoms with van der Waals surface area (Å²) in [7, 11) is 0. The summed E-state index contributed by atoms with van der Waals surface area (Å²) in [4.78, 5) is 9.96. The summed E-state index contributed by atoms with van der Waals surface area (Å²) in [6.07, 6.45) is 2.76. The molecule has 0 aliphatic carbocycles. The molecular weight excluding hydrogens is 94.0 g/mol. The third kappa shape index (κ3) is 2.99. The van der Waals surface area contributed by atoms with Gasteiger partial charge in [0, 0.05) is 6.08 Å². The molecule has 0 aromatic carbocycles. The van der Waals surface area contributed by atoms with Crippen molar-refractivity contribution in [3.8, 4) is 0 Å². The number of rotatable bonds is 1. The number of amides is 1. The molecular formula is C4H7NO2. The molecule has 0 aliphatic heterocycles. The number of carbonyl (C=O) groups is 1. The highest BCUT2D eigenvalue weighted by molar-refractivity contribution is 5.86. The molecule has 1 amide bonds. The molecule has 0 spiro atoms. The second-order valence-electron chi connectivity index (χ2n) is 0.976. The minimum absolute atomic E-state index is 0.498. The van der Waals surface area contributed by atoms with E-state index in [-0.39, 0.29) is 0 Å². The Kier molecular flexibility index (Phi) is 2.96. The van der Waals surface area contributed by atoms with Gasteiger partial charge in [0.25, 0.3) is 5.91 Å². The Morgan fingerprint density at radius 2 is 2.43 bits per heavy atom. The van der Waals surface area contributed by atoms with Gasteiger partial charge in [0.05, 0.1) is 0 Å². The molecule has 0 heterocycles. The van der Waals surface area contributed by atoms with Crippen molar-refractivity contribution in [2.75, 3.05) is 0 Å². The van der Waals surface area contributed by atoms with E-state index in [1.54, 1.807) is 6.92 Å². The Bertz CT molecular complexity index is 87.7. The van der Waals surface area contributed by atoms with Crippen LogP contribution in [0, 0.1) is 0 Å². The first-order valence-electron chi connectivity index (χ1n) is 1.88. The highest BCUT2D eigenvalue weighted by Gasteiger charge is 1.83. The van der Waals surface area contributed by atoms with Gasteiger partial charge >= 0.3 is 0 Å². The summed E-state index contributed by atoms with van der Waals surface area (Å²) >= 11 is 0. The first-order valence-corrected chi connectivity index (χ1v) is 1.88. The lowest BCUT2D eigenvalue weighted by molar-refractivity contribution is -0.124. The van der Waals surface area contributed by atoms with Crippen molar-refractivity contribution < 1.29 is 10.0 Å². The van der Waals surface area contributed by atoms with Crippen LogP contribution in [0.3, 0.4) is 0 Å². The SMILES string of the molecule is C/C=C/C(=O)NO. The van der Waals surface area contributed by atoms with Crippen molar-refractivity contribution in [2.24, 2.45) is 0 Å². The first-order chi connectivity index (χ1) is 3.31. The van der Waals surface area contributed by atoms with E-state index < -0.39 is 5.91 Å². The van der Waals surface area contributed by atoms with E-state index in [9.17, 15) is 4.79 Å². The molecule has 0 aromatic heterocycles. The van der Waals surface area contributed by atoms with Crippen molar-refractivity contribution in [3.05, 3.63) is 12.2 Å². The lowest BCUT2D eigenvalue weighted by Crippen LogP contribution is -2.14. The maximum absolute atomic E-state index is 9.96. The number of nitrogens with one attached hydrogen (secondary N) is 1. The van der Waals surface area contributed by atoms with Gasteiger partial charge in [-0.2, -0.15) is 0 Å². The summed E-state index contributed by atoms with van der Waals surface area (Å²) < 4.78 is 0. The van der Waals surface area contributed by atoms with Crippen molar-refractivity contribution >= 4 is 5.91 Å². The Morgan fingerprint density at radius 3 is 2.57 bits per heavy atom. The summed E-state index contributed by atoms with van der Waals surface area (Å²) in [6, 6.07) is 0. The highest BCUT2D eigenvalue weighted by Crippen LogP contribution is 1.66. The minimum Gasteiger partial charge on any atom is -0.288 e. The van der Waals surface area contributed by atoms with Gasteiger partial charge in [0.2, 0.25) is 0 Å². The third-order valence-electron chi connectivity index (χ3n) is 0.428. The number of hydroxylamine groups is 1. The van der Waals surface area contributed by atoms with Crippen LogP contribution in [0.15, 0.2) is 12.2 Å². The Balaban J connectivity index is 3.37. The van der Waals surface area contributed by atoms with E-state index >= 15 is 0 Å². The number of allylic oxidation sites excluding steroid dienone is 1. The maximum atomic E-state index is 9.96. The summed E-state index contributed by atoms with van der Waals surface area (Å²) in [6.45, 7) is 1.69. The molecule has 2 N–H and O–H groups in total. The largest absolute Gasteiger partial charge is 0.288 e. The predicted molar refractivity (Wildman–Crippen MR) is 24.7 cm³/mol. The molecule has 0 rings (SSSR count). The van der Waals surface area contributed by atoms with Crippen molar-refractivity contribution in [2.45, 2.75) is 6.92 Å². The standard InChI is InChI=1S/C4H7NO2/c1-2-3-4(6)5-7/h2-3,7H,1H3,(H,5,6)/b3-2+. The number of hydrogen-bond donors (Lipinski definition) is 2. The van der Waals surface area contributed by atoms with Gasteiger partial charge in [-0.05, 0) is 6.92 Å². The highest BCUT2D eigenvalue weighted by atomic mass is 16.5. The smallest absolute Gasteiger partial charge is 0.267 e. The Labute approximate surface area is 41.6 Å².